The third-order valence-electron chi connectivity index (χ3n) is 3.88. The molecule has 2 rings (SSSR count). The van der Waals surface area contributed by atoms with Gasteiger partial charge in [0.1, 0.15) is 0 Å². The summed E-state index contributed by atoms with van der Waals surface area (Å²) in [6.45, 7) is 4.48. The van der Waals surface area contributed by atoms with E-state index in [1.807, 2.05) is 12.1 Å². The molecular weight excluding hydrogens is 255 g/mol. The largest absolute Gasteiger partial charge is 0.385 e. The lowest BCUT2D eigenvalue weighted by atomic mass is 9.69. The van der Waals surface area contributed by atoms with Gasteiger partial charge in [0.2, 0.25) is 0 Å². The highest BCUT2D eigenvalue weighted by Crippen LogP contribution is 2.47. The Balaban J connectivity index is 2.31. The minimum absolute atomic E-state index is 0.317. The summed E-state index contributed by atoms with van der Waals surface area (Å²) < 4.78 is 0. The van der Waals surface area contributed by atoms with Gasteiger partial charge in [-0.15, -0.1) is 0 Å². The highest BCUT2D eigenvalue weighted by Gasteiger charge is 2.39. The fourth-order valence-corrected chi connectivity index (χ4v) is 2.95. The van der Waals surface area contributed by atoms with E-state index in [1.165, 1.54) is 0 Å². The highest BCUT2D eigenvalue weighted by atomic mass is 35.5. The summed E-state index contributed by atoms with van der Waals surface area (Å²) in [5.74, 6) is 0. The second-order valence-electron chi connectivity index (χ2n) is 5.80. The first kappa shape index (κ1) is 13.2. The average Bonchev–Trinajstić information content (AvgIpc) is 2.27. The lowest BCUT2D eigenvalue weighted by Crippen LogP contribution is -2.34. The monoisotopic (exact) mass is 272 g/mol. The van der Waals surface area contributed by atoms with Crippen LogP contribution in [0.1, 0.15) is 45.1 Å². The van der Waals surface area contributed by atoms with Gasteiger partial charge in [-0.3, -0.25) is 0 Å². The molecule has 1 aromatic rings. The van der Waals surface area contributed by atoms with Crippen molar-refractivity contribution in [2.45, 2.75) is 45.1 Å². The van der Waals surface area contributed by atoms with Gasteiger partial charge >= 0.3 is 0 Å². The zero-order chi connectivity index (χ0) is 12.7. The molecule has 3 heteroatoms. The lowest BCUT2D eigenvalue weighted by Gasteiger charge is -2.41. The molecular formula is C14H18Cl2O. The van der Waals surface area contributed by atoms with Gasteiger partial charge in [0.25, 0.3) is 0 Å². The van der Waals surface area contributed by atoms with Crippen LogP contribution in [-0.2, 0) is 5.60 Å². The normalized spacial score (nSPS) is 22.4. The molecule has 0 radical (unpaired) electrons. The molecule has 0 spiro atoms. The second-order valence-corrected chi connectivity index (χ2v) is 6.58. The first-order chi connectivity index (χ1) is 7.84. The summed E-state index contributed by atoms with van der Waals surface area (Å²) in [4.78, 5) is 0. The quantitative estimate of drug-likeness (QED) is 0.780. The van der Waals surface area contributed by atoms with Crippen molar-refractivity contribution >= 4 is 23.2 Å². The summed E-state index contributed by atoms with van der Waals surface area (Å²) in [7, 11) is 0. The molecule has 17 heavy (non-hydrogen) atoms. The molecule has 0 unspecified atom stereocenters. The van der Waals surface area contributed by atoms with E-state index in [-0.39, 0.29) is 0 Å². The van der Waals surface area contributed by atoms with E-state index in [9.17, 15) is 5.11 Å². The van der Waals surface area contributed by atoms with Crippen molar-refractivity contribution in [1.29, 1.82) is 0 Å². The van der Waals surface area contributed by atoms with Crippen LogP contribution in [0.5, 0.6) is 0 Å². The molecule has 0 saturated heterocycles. The van der Waals surface area contributed by atoms with Crippen molar-refractivity contribution in [1.82, 2.24) is 0 Å². The van der Waals surface area contributed by atoms with E-state index >= 15 is 0 Å². The zero-order valence-electron chi connectivity index (χ0n) is 10.3. The fraction of sp³-hybridized carbons (Fsp3) is 0.571. The maximum atomic E-state index is 10.7. The number of halogens is 2. The molecule has 0 aromatic heterocycles. The van der Waals surface area contributed by atoms with Gasteiger partial charge in [0, 0.05) is 5.56 Å². The first-order valence-electron chi connectivity index (χ1n) is 6.01. The molecule has 1 saturated carbocycles. The topological polar surface area (TPSA) is 20.2 Å². The molecule has 0 heterocycles. The van der Waals surface area contributed by atoms with Gasteiger partial charge in [-0.1, -0.05) is 49.2 Å². The number of hydrogen-bond donors (Lipinski definition) is 1. The molecule has 1 aliphatic carbocycles. The molecule has 0 bridgehead atoms. The summed E-state index contributed by atoms with van der Waals surface area (Å²) in [5.41, 5.74) is 0.288. The van der Waals surface area contributed by atoms with Crippen LogP contribution in [0.2, 0.25) is 10.0 Å². The van der Waals surface area contributed by atoms with Crippen LogP contribution < -0.4 is 0 Å². The Morgan fingerprint density at radius 3 is 2.24 bits per heavy atom. The van der Waals surface area contributed by atoms with Crippen molar-refractivity contribution in [2.24, 2.45) is 5.41 Å². The Hall–Kier alpha value is -0.240. The molecule has 1 fully saturated rings. The van der Waals surface area contributed by atoms with E-state index in [0.29, 0.717) is 15.5 Å². The molecule has 1 nitrogen and oxygen atoms in total. The van der Waals surface area contributed by atoms with Crippen LogP contribution in [0, 0.1) is 5.41 Å². The predicted octanol–water partition coefficient (Wildman–Crippen LogP) is 4.78. The van der Waals surface area contributed by atoms with E-state index in [4.69, 9.17) is 23.2 Å². The van der Waals surface area contributed by atoms with Crippen LogP contribution >= 0.6 is 23.2 Å². The van der Waals surface area contributed by atoms with Gasteiger partial charge in [-0.05, 0) is 37.2 Å². The zero-order valence-corrected chi connectivity index (χ0v) is 11.8. The third-order valence-corrected chi connectivity index (χ3v) is 4.70. The number of aliphatic hydroxyl groups is 1. The number of benzene rings is 1. The average molecular weight is 273 g/mol. The van der Waals surface area contributed by atoms with E-state index < -0.39 is 5.60 Å². The van der Waals surface area contributed by atoms with E-state index in [2.05, 4.69) is 13.8 Å². The van der Waals surface area contributed by atoms with Crippen LogP contribution in [0.4, 0.5) is 0 Å². The van der Waals surface area contributed by atoms with Gasteiger partial charge in [-0.25, -0.2) is 0 Å². The molecule has 0 aliphatic heterocycles. The highest BCUT2D eigenvalue weighted by molar-refractivity contribution is 6.42. The Labute approximate surface area is 113 Å². The second kappa shape index (κ2) is 4.46. The molecule has 0 atom stereocenters. The third kappa shape index (κ3) is 2.62. The van der Waals surface area contributed by atoms with Gasteiger partial charge in [-0.2, -0.15) is 0 Å². The van der Waals surface area contributed by atoms with Crippen LogP contribution in [0.3, 0.4) is 0 Å². The molecule has 1 aromatic carbocycles. The van der Waals surface area contributed by atoms with E-state index in [1.54, 1.807) is 6.07 Å². The van der Waals surface area contributed by atoms with Crippen LogP contribution in [0.15, 0.2) is 18.2 Å². The number of hydrogen-bond acceptors (Lipinski definition) is 1. The first-order valence-corrected chi connectivity index (χ1v) is 6.77. The standard InChI is InChI=1S/C14H18Cl2O/c1-13(2)6-8-14(17,9-7-13)10-4-3-5-11(15)12(10)16/h3-5,17H,6-9H2,1-2H3. The smallest absolute Gasteiger partial charge is 0.0911 e. The minimum atomic E-state index is -0.808. The van der Waals surface area contributed by atoms with Crippen LogP contribution in [-0.4, -0.2) is 5.11 Å². The van der Waals surface area contributed by atoms with Crippen molar-refractivity contribution in [3.8, 4) is 0 Å². The Bertz CT molecular complexity index is 416. The van der Waals surface area contributed by atoms with Gasteiger partial charge < -0.3 is 5.11 Å². The SMILES string of the molecule is CC1(C)CCC(O)(c2cccc(Cl)c2Cl)CC1. The minimum Gasteiger partial charge on any atom is -0.385 e. The predicted molar refractivity (Wildman–Crippen MR) is 72.6 cm³/mol. The van der Waals surface area contributed by atoms with Crippen LogP contribution in [0.25, 0.3) is 0 Å². The molecule has 1 aliphatic rings. The summed E-state index contributed by atoms with van der Waals surface area (Å²) in [5, 5.41) is 11.7. The lowest BCUT2D eigenvalue weighted by molar-refractivity contribution is -0.0304. The van der Waals surface area contributed by atoms with E-state index in [0.717, 1.165) is 31.2 Å². The molecule has 1 N–H and O–H groups in total. The van der Waals surface area contributed by atoms with Gasteiger partial charge in [0.05, 0.1) is 15.6 Å². The summed E-state index contributed by atoms with van der Waals surface area (Å²) >= 11 is 12.2. The molecule has 0 amide bonds. The van der Waals surface area contributed by atoms with Crippen molar-refractivity contribution in [3.05, 3.63) is 33.8 Å². The Morgan fingerprint density at radius 2 is 1.65 bits per heavy atom. The molecule has 94 valence electrons. The summed E-state index contributed by atoms with van der Waals surface area (Å²) in [6.07, 6.45) is 3.51. The summed E-state index contributed by atoms with van der Waals surface area (Å²) in [6, 6.07) is 5.48. The van der Waals surface area contributed by atoms with Gasteiger partial charge in [0.15, 0.2) is 0 Å². The Morgan fingerprint density at radius 1 is 1.06 bits per heavy atom. The maximum absolute atomic E-state index is 10.7. The van der Waals surface area contributed by atoms with Crippen molar-refractivity contribution < 1.29 is 5.11 Å². The van der Waals surface area contributed by atoms with Crippen molar-refractivity contribution in [2.75, 3.05) is 0 Å². The maximum Gasteiger partial charge on any atom is 0.0911 e. The Kier molecular flexibility index (Phi) is 3.46. The fourth-order valence-electron chi connectivity index (χ4n) is 2.47. The van der Waals surface area contributed by atoms with Crippen molar-refractivity contribution in [3.63, 3.8) is 0 Å². The number of rotatable bonds is 1.